The molecule has 0 saturated heterocycles. The van der Waals surface area contributed by atoms with E-state index in [2.05, 4.69) is 31.3 Å². The van der Waals surface area contributed by atoms with Crippen molar-refractivity contribution in [3.8, 4) is 5.69 Å². The molecule has 3 aromatic rings. The van der Waals surface area contributed by atoms with E-state index in [9.17, 15) is 9.59 Å². The predicted molar refractivity (Wildman–Crippen MR) is 91.0 cm³/mol. The van der Waals surface area contributed by atoms with Gasteiger partial charge in [0.1, 0.15) is 0 Å². The summed E-state index contributed by atoms with van der Waals surface area (Å²) in [5.41, 5.74) is 1.79. The maximum Gasteiger partial charge on any atom is 0.348 e. The summed E-state index contributed by atoms with van der Waals surface area (Å²) < 4.78 is 1.91. The number of amides is 1. The van der Waals surface area contributed by atoms with E-state index in [1.165, 1.54) is 0 Å². The number of anilines is 1. The molecule has 1 aromatic heterocycles. The minimum Gasteiger partial charge on any atom is -0.318 e. The first-order valence-electron chi connectivity index (χ1n) is 6.87. The number of nitrogens with one attached hydrogen (secondary N) is 2. The van der Waals surface area contributed by atoms with Gasteiger partial charge in [0.05, 0.1) is 11.4 Å². The van der Waals surface area contributed by atoms with Crippen LogP contribution in [0.3, 0.4) is 0 Å². The topological polar surface area (TPSA) is 79.8 Å². The molecule has 0 fully saturated rings. The molecule has 0 aliphatic carbocycles. The lowest BCUT2D eigenvalue weighted by atomic mass is 10.2. The first kappa shape index (κ1) is 15.2. The second kappa shape index (κ2) is 6.21. The van der Waals surface area contributed by atoms with Crippen LogP contribution in [0.1, 0.15) is 16.2 Å². The van der Waals surface area contributed by atoms with Gasteiger partial charge in [0.2, 0.25) is 5.82 Å². The fourth-order valence-electron chi connectivity index (χ4n) is 2.07. The first-order chi connectivity index (χ1) is 11.0. The summed E-state index contributed by atoms with van der Waals surface area (Å²) in [6.07, 6.45) is 0. The van der Waals surface area contributed by atoms with Gasteiger partial charge in [0, 0.05) is 4.47 Å². The summed E-state index contributed by atoms with van der Waals surface area (Å²) in [6.45, 7) is 1.95. The Morgan fingerprint density at radius 2 is 1.96 bits per heavy atom. The zero-order valence-corrected chi connectivity index (χ0v) is 13.8. The lowest BCUT2D eigenvalue weighted by molar-refractivity contribution is 0.101. The van der Waals surface area contributed by atoms with Gasteiger partial charge >= 0.3 is 5.69 Å². The quantitative estimate of drug-likeness (QED) is 0.741. The van der Waals surface area contributed by atoms with Crippen molar-refractivity contribution in [1.29, 1.82) is 0 Å². The molecule has 0 radical (unpaired) electrons. The van der Waals surface area contributed by atoms with Crippen molar-refractivity contribution in [3.63, 3.8) is 0 Å². The number of benzene rings is 2. The van der Waals surface area contributed by atoms with Gasteiger partial charge in [-0.3, -0.25) is 9.78 Å². The average Bonchev–Trinajstić information content (AvgIpc) is 2.93. The molecule has 7 heteroatoms. The van der Waals surface area contributed by atoms with Crippen molar-refractivity contribution in [3.05, 3.63) is 74.9 Å². The normalized spacial score (nSPS) is 10.5. The molecule has 0 spiro atoms. The number of carbonyl (C=O) groups is 1. The second-order valence-electron chi connectivity index (χ2n) is 4.96. The summed E-state index contributed by atoms with van der Waals surface area (Å²) in [5.74, 6) is -0.535. The molecule has 0 saturated carbocycles. The number of nitrogens with zero attached hydrogens (tertiary/aromatic N) is 2. The molecular formula is C16H13BrN4O2. The number of aromatic amines is 1. The number of H-pyrrole nitrogens is 1. The fraction of sp³-hybridized carbons (Fsp3) is 0.0625. The first-order valence-corrected chi connectivity index (χ1v) is 7.66. The predicted octanol–water partition coefficient (Wildman–Crippen LogP) is 2.88. The Morgan fingerprint density at radius 3 is 2.65 bits per heavy atom. The molecule has 0 aliphatic rings. The van der Waals surface area contributed by atoms with Crippen LogP contribution in [0.15, 0.2) is 57.8 Å². The van der Waals surface area contributed by atoms with Crippen molar-refractivity contribution in [2.75, 3.05) is 5.32 Å². The Kier molecular flexibility index (Phi) is 4.12. The third kappa shape index (κ3) is 3.24. The highest BCUT2D eigenvalue weighted by Crippen LogP contribution is 2.23. The number of aromatic nitrogens is 3. The van der Waals surface area contributed by atoms with Gasteiger partial charge in [-0.25, -0.2) is 4.79 Å². The molecule has 6 nitrogen and oxygen atoms in total. The molecule has 0 unspecified atom stereocenters. The smallest absolute Gasteiger partial charge is 0.318 e. The van der Waals surface area contributed by atoms with Crippen LogP contribution < -0.4 is 11.0 Å². The maximum atomic E-state index is 12.3. The third-order valence-electron chi connectivity index (χ3n) is 3.21. The van der Waals surface area contributed by atoms with Crippen molar-refractivity contribution >= 4 is 27.5 Å². The summed E-state index contributed by atoms with van der Waals surface area (Å²) in [5, 5.41) is 6.76. The number of aryl methyl sites for hydroxylation is 1. The van der Waals surface area contributed by atoms with Gasteiger partial charge in [0.15, 0.2) is 0 Å². The third-order valence-corrected chi connectivity index (χ3v) is 3.86. The Morgan fingerprint density at radius 1 is 1.22 bits per heavy atom. The van der Waals surface area contributed by atoms with Crippen LogP contribution in [0.2, 0.25) is 0 Å². The van der Waals surface area contributed by atoms with E-state index in [0.717, 1.165) is 14.7 Å². The van der Waals surface area contributed by atoms with Crippen LogP contribution in [0.25, 0.3) is 5.69 Å². The molecule has 2 aromatic carbocycles. The van der Waals surface area contributed by atoms with Gasteiger partial charge in [-0.1, -0.05) is 24.3 Å². The lowest BCUT2D eigenvalue weighted by Gasteiger charge is -2.06. The SMILES string of the molecule is Cc1ccc(NC(=O)c2nn(-c3ccccc3)c(=O)[nH]2)c(Br)c1. The summed E-state index contributed by atoms with van der Waals surface area (Å²) >= 11 is 3.39. The molecule has 1 amide bonds. The monoisotopic (exact) mass is 372 g/mol. The Hall–Kier alpha value is -2.67. The van der Waals surface area contributed by atoms with E-state index in [-0.39, 0.29) is 5.82 Å². The number of hydrogen-bond acceptors (Lipinski definition) is 3. The van der Waals surface area contributed by atoms with E-state index in [1.807, 2.05) is 25.1 Å². The molecule has 116 valence electrons. The standard InChI is InChI=1S/C16H13BrN4O2/c1-10-7-8-13(12(17)9-10)18-15(22)14-19-16(23)21(20-14)11-5-3-2-4-6-11/h2-9H,1H3,(H,18,22)(H,19,20,23). The molecule has 0 atom stereocenters. The second-order valence-corrected chi connectivity index (χ2v) is 5.82. The zero-order valence-electron chi connectivity index (χ0n) is 12.2. The minimum absolute atomic E-state index is 0.0497. The molecule has 3 rings (SSSR count). The van der Waals surface area contributed by atoms with Gasteiger partial charge in [0.25, 0.3) is 5.91 Å². The highest BCUT2D eigenvalue weighted by Gasteiger charge is 2.15. The van der Waals surface area contributed by atoms with E-state index in [0.29, 0.717) is 11.4 Å². The number of hydrogen-bond donors (Lipinski definition) is 2. The number of carbonyl (C=O) groups excluding carboxylic acids is 1. The molecule has 0 bridgehead atoms. The van der Waals surface area contributed by atoms with Crippen LogP contribution in [0, 0.1) is 6.92 Å². The average molecular weight is 373 g/mol. The van der Waals surface area contributed by atoms with Crippen molar-refractivity contribution in [2.45, 2.75) is 6.92 Å². The van der Waals surface area contributed by atoms with E-state index >= 15 is 0 Å². The molecule has 1 heterocycles. The molecule has 23 heavy (non-hydrogen) atoms. The van der Waals surface area contributed by atoms with Crippen molar-refractivity contribution in [2.24, 2.45) is 0 Å². The highest BCUT2D eigenvalue weighted by molar-refractivity contribution is 9.10. The number of rotatable bonds is 3. The number of para-hydroxylation sites is 1. The number of halogens is 1. The summed E-state index contributed by atoms with van der Waals surface area (Å²) in [6, 6.07) is 14.4. The van der Waals surface area contributed by atoms with Crippen LogP contribution in [0.4, 0.5) is 5.69 Å². The van der Waals surface area contributed by atoms with E-state index in [4.69, 9.17) is 0 Å². The lowest BCUT2D eigenvalue weighted by Crippen LogP contribution is -2.16. The Labute approximate surface area is 140 Å². The largest absolute Gasteiger partial charge is 0.348 e. The summed E-state index contributed by atoms with van der Waals surface area (Å²) in [4.78, 5) is 26.7. The van der Waals surface area contributed by atoms with Crippen LogP contribution in [-0.4, -0.2) is 20.7 Å². The van der Waals surface area contributed by atoms with Gasteiger partial charge in [-0.05, 0) is 52.7 Å². The fourth-order valence-corrected chi connectivity index (χ4v) is 2.67. The highest BCUT2D eigenvalue weighted by atomic mass is 79.9. The van der Waals surface area contributed by atoms with Gasteiger partial charge in [-0.15, -0.1) is 5.10 Å². The Balaban J connectivity index is 1.88. The van der Waals surface area contributed by atoms with E-state index in [1.54, 1.807) is 30.3 Å². The van der Waals surface area contributed by atoms with Crippen LogP contribution in [0.5, 0.6) is 0 Å². The Bertz CT molecular complexity index is 915. The van der Waals surface area contributed by atoms with Crippen molar-refractivity contribution < 1.29 is 4.79 Å². The van der Waals surface area contributed by atoms with Gasteiger partial charge in [-0.2, -0.15) is 4.68 Å². The van der Waals surface area contributed by atoms with E-state index < -0.39 is 11.6 Å². The zero-order chi connectivity index (χ0) is 16.4. The molecule has 0 aliphatic heterocycles. The minimum atomic E-state index is -0.485. The maximum absolute atomic E-state index is 12.3. The van der Waals surface area contributed by atoms with Crippen molar-refractivity contribution in [1.82, 2.24) is 14.8 Å². The van der Waals surface area contributed by atoms with Gasteiger partial charge < -0.3 is 5.32 Å². The molecular weight excluding hydrogens is 360 g/mol. The van der Waals surface area contributed by atoms with Crippen LogP contribution >= 0.6 is 15.9 Å². The van der Waals surface area contributed by atoms with Crippen LogP contribution in [-0.2, 0) is 0 Å². The summed E-state index contributed by atoms with van der Waals surface area (Å²) in [7, 11) is 0. The molecule has 2 N–H and O–H groups in total.